The second kappa shape index (κ2) is 8.60. The number of aromatic nitrogens is 1. The van der Waals surface area contributed by atoms with E-state index in [9.17, 15) is 4.79 Å². The van der Waals surface area contributed by atoms with E-state index in [-0.39, 0.29) is 12.1 Å². The summed E-state index contributed by atoms with van der Waals surface area (Å²) in [5, 5.41) is 4.78. The largest absolute Gasteiger partial charge is 0.357 e. The van der Waals surface area contributed by atoms with Crippen LogP contribution in [0.3, 0.4) is 0 Å². The highest BCUT2D eigenvalue weighted by Gasteiger charge is 2.41. The molecule has 1 aromatic heterocycles. The Balaban J connectivity index is 1.66. The number of urea groups is 1. The number of nitrogens with one attached hydrogen (secondary N) is 2. The topological polar surface area (TPSA) is 51.4 Å². The van der Waals surface area contributed by atoms with Crippen LogP contribution in [-0.2, 0) is 12.2 Å². The predicted molar refractivity (Wildman–Crippen MR) is 123 cm³/mol. The Kier molecular flexibility index (Phi) is 6.11. The molecule has 1 unspecified atom stereocenters. The minimum absolute atomic E-state index is 0.0770. The Morgan fingerprint density at radius 1 is 1.31 bits per heavy atom. The van der Waals surface area contributed by atoms with Gasteiger partial charge in [-0.2, -0.15) is 11.8 Å². The number of benzene rings is 1. The van der Waals surface area contributed by atoms with E-state index in [1.807, 2.05) is 30.5 Å². The van der Waals surface area contributed by atoms with Gasteiger partial charge in [0, 0.05) is 60.0 Å². The lowest BCUT2D eigenvalue weighted by molar-refractivity contribution is 0.103. The zero-order chi connectivity index (χ0) is 20.5. The number of piperidine rings is 1. The highest BCUT2D eigenvalue weighted by Crippen LogP contribution is 2.44. The molecule has 0 spiro atoms. The number of aromatic amines is 1. The molecule has 158 valence electrons. The molecule has 3 atom stereocenters. The van der Waals surface area contributed by atoms with Gasteiger partial charge in [0.25, 0.3) is 0 Å². The van der Waals surface area contributed by atoms with Crippen molar-refractivity contribution in [3.8, 4) is 0 Å². The molecule has 2 N–H and O–H groups in total. The number of carbonyl (C=O) groups is 1. The molecule has 0 saturated carbocycles. The number of nitrogens with zero attached hydrogens (tertiary/aromatic N) is 2. The number of hydrogen-bond donors (Lipinski definition) is 2. The number of carbonyl (C=O) groups excluding carboxylic acids is 1. The highest BCUT2D eigenvalue weighted by molar-refractivity contribution is 7.97. The lowest BCUT2D eigenvalue weighted by Crippen LogP contribution is -2.57. The van der Waals surface area contributed by atoms with E-state index < -0.39 is 0 Å². The fourth-order valence-electron chi connectivity index (χ4n) is 5.47. The molecule has 5 nitrogen and oxygen atoms in total. The van der Waals surface area contributed by atoms with Crippen molar-refractivity contribution in [3.63, 3.8) is 0 Å². The molecule has 2 aliphatic rings. The summed E-state index contributed by atoms with van der Waals surface area (Å²) in [4.78, 5) is 20.9. The van der Waals surface area contributed by atoms with E-state index in [4.69, 9.17) is 0 Å². The van der Waals surface area contributed by atoms with Gasteiger partial charge in [0.2, 0.25) is 0 Å². The van der Waals surface area contributed by atoms with Gasteiger partial charge < -0.3 is 15.2 Å². The average molecular weight is 415 g/mol. The van der Waals surface area contributed by atoms with Gasteiger partial charge in [-0.15, -0.1) is 0 Å². The molecular formula is C23H34N4OS. The van der Waals surface area contributed by atoms with E-state index in [0.29, 0.717) is 12.0 Å². The maximum Gasteiger partial charge on any atom is 0.317 e. The lowest BCUT2D eigenvalue weighted by Gasteiger charge is -2.47. The minimum Gasteiger partial charge on any atom is -0.357 e. The Bertz CT molecular complexity index is 875. The number of amides is 2. The summed E-state index contributed by atoms with van der Waals surface area (Å²) in [7, 11) is 0. The second-order valence-corrected chi connectivity index (χ2v) is 9.17. The van der Waals surface area contributed by atoms with Crippen LogP contribution in [0.15, 0.2) is 18.2 Å². The van der Waals surface area contributed by atoms with Gasteiger partial charge in [-0.05, 0) is 56.7 Å². The van der Waals surface area contributed by atoms with Crippen LogP contribution in [0.1, 0.15) is 49.9 Å². The molecule has 1 saturated heterocycles. The zero-order valence-corrected chi connectivity index (χ0v) is 18.9. The predicted octanol–water partition coefficient (Wildman–Crippen LogP) is 4.18. The Morgan fingerprint density at radius 2 is 2.10 bits per heavy atom. The molecule has 1 aliphatic heterocycles. The number of hydrogen-bond acceptors (Lipinski definition) is 3. The van der Waals surface area contributed by atoms with E-state index in [1.54, 1.807) is 0 Å². The van der Waals surface area contributed by atoms with Crippen molar-refractivity contribution in [3.05, 3.63) is 35.0 Å². The number of H-pyrrole nitrogens is 1. The summed E-state index contributed by atoms with van der Waals surface area (Å²) < 4.78 is 0. The molecule has 0 radical (unpaired) electrons. The molecule has 1 aromatic carbocycles. The molecule has 29 heavy (non-hydrogen) atoms. The van der Waals surface area contributed by atoms with E-state index in [2.05, 4.69) is 46.6 Å². The third-order valence-corrected chi connectivity index (χ3v) is 7.44. The van der Waals surface area contributed by atoms with Gasteiger partial charge in [-0.3, -0.25) is 4.90 Å². The van der Waals surface area contributed by atoms with Crippen LogP contribution in [0.5, 0.6) is 0 Å². The van der Waals surface area contributed by atoms with Crippen molar-refractivity contribution in [1.82, 2.24) is 20.1 Å². The van der Waals surface area contributed by atoms with Crippen LogP contribution >= 0.6 is 11.8 Å². The molecule has 6 heteroatoms. The van der Waals surface area contributed by atoms with Crippen LogP contribution in [0.2, 0.25) is 0 Å². The third-order valence-electron chi connectivity index (χ3n) is 6.86. The van der Waals surface area contributed by atoms with Crippen LogP contribution in [0.25, 0.3) is 10.9 Å². The smallest absolute Gasteiger partial charge is 0.317 e. The molecule has 2 aromatic rings. The quantitative estimate of drug-likeness (QED) is 0.745. The summed E-state index contributed by atoms with van der Waals surface area (Å²) >= 11 is 1.88. The highest BCUT2D eigenvalue weighted by atomic mass is 32.2. The summed E-state index contributed by atoms with van der Waals surface area (Å²) in [6.07, 6.45) is 4.31. The first-order valence-electron chi connectivity index (χ1n) is 11.0. The third kappa shape index (κ3) is 3.66. The summed E-state index contributed by atoms with van der Waals surface area (Å²) in [6, 6.07) is 7.53. The van der Waals surface area contributed by atoms with Gasteiger partial charge in [0.1, 0.15) is 0 Å². The lowest BCUT2D eigenvalue weighted by atomic mass is 9.73. The molecule has 2 heterocycles. The normalized spacial score (nSPS) is 23.8. The van der Waals surface area contributed by atoms with Gasteiger partial charge in [0.05, 0.1) is 0 Å². The molecule has 1 fully saturated rings. The second-order valence-electron chi connectivity index (χ2n) is 8.30. The van der Waals surface area contributed by atoms with Crippen molar-refractivity contribution < 1.29 is 4.79 Å². The van der Waals surface area contributed by atoms with Crippen LogP contribution in [-0.4, -0.2) is 65.3 Å². The first kappa shape index (κ1) is 20.6. The molecule has 0 bridgehead atoms. The fourth-order valence-corrected chi connectivity index (χ4v) is 6.01. The van der Waals surface area contributed by atoms with Gasteiger partial charge >= 0.3 is 6.03 Å². The van der Waals surface area contributed by atoms with Crippen LogP contribution in [0, 0.1) is 0 Å². The maximum atomic E-state index is 12.7. The molecular weight excluding hydrogens is 380 g/mol. The van der Waals surface area contributed by atoms with E-state index in [0.717, 1.165) is 44.8 Å². The average Bonchev–Trinajstić information content (AvgIpc) is 3.07. The molecule has 4 rings (SSSR count). The van der Waals surface area contributed by atoms with E-state index in [1.165, 1.54) is 27.7 Å². The number of likely N-dealkylation sites (tertiary alicyclic amines) is 1. The number of rotatable bonds is 6. The Morgan fingerprint density at radius 3 is 2.79 bits per heavy atom. The number of fused-ring (bicyclic) bond motifs is 2. The number of likely N-dealkylation sites (N-methyl/N-ethyl adjacent to an activating group) is 1. The zero-order valence-electron chi connectivity index (χ0n) is 18.1. The van der Waals surface area contributed by atoms with Crippen molar-refractivity contribution in [1.29, 1.82) is 0 Å². The minimum atomic E-state index is 0.0770. The summed E-state index contributed by atoms with van der Waals surface area (Å²) in [5.41, 5.74) is 5.66. The fraction of sp³-hybridized carbons (Fsp3) is 0.609. The van der Waals surface area contributed by atoms with Crippen molar-refractivity contribution in [2.24, 2.45) is 0 Å². The van der Waals surface area contributed by atoms with Gasteiger partial charge in [-0.1, -0.05) is 19.1 Å². The van der Waals surface area contributed by atoms with Gasteiger partial charge in [-0.25, -0.2) is 4.79 Å². The standard InChI is InChI=1S/C23H34N4OS/c1-5-26(6-2)23(28)24-15-11-17-16-9-8-10-19-22(16)18(20(25-19)14-29-4)12-21(17)27(7-3)13-15/h8-10,15,17,21,25H,5-7,11-14H2,1-4H3,(H,24,28)/t15-,17?,21+/m0/s1. The van der Waals surface area contributed by atoms with Gasteiger partial charge in [0.15, 0.2) is 0 Å². The first-order valence-corrected chi connectivity index (χ1v) is 12.4. The molecule has 2 amide bonds. The number of thioether (sulfide) groups is 1. The van der Waals surface area contributed by atoms with Crippen molar-refractivity contribution in [2.45, 2.75) is 57.4 Å². The Labute approximate surface area is 178 Å². The maximum absolute atomic E-state index is 12.7. The van der Waals surface area contributed by atoms with E-state index >= 15 is 0 Å². The summed E-state index contributed by atoms with van der Waals surface area (Å²) in [6.45, 7) is 9.80. The summed E-state index contributed by atoms with van der Waals surface area (Å²) in [5.74, 6) is 1.51. The van der Waals surface area contributed by atoms with Crippen molar-refractivity contribution in [2.75, 3.05) is 32.4 Å². The van der Waals surface area contributed by atoms with Crippen molar-refractivity contribution >= 4 is 28.7 Å². The van der Waals surface area contributed by atoms with Crippen LogP contribution < -0.4 is 5.32 Å². The monoisotopic (exact) mass is 414 g/mol. The first-order chi connectivity index (χ1) is 14.1. The molecule has 1 aliphatic carbocycles. The van der Waals surface area contributed by atoms with Crippen LogP contribution in [0.4, 0.5) is 4.79 Å². The Hall–Kier alpha value is -1.66. The SMILES string of the molecule is CCN(CC)C(=O)N[C@H]1CC2c3cccc4[nH]c(CSC)c(c34)C[C@H]2N(CC)C1.